The molecular formula is C17H27N3O. The number of likely N-dealkylation sites (tertiary alicyclic amines) is 1. The van der Waals surface area contributed by atoms with Crippen LogP contribution in [0.25, 0.3) is 0 Å². The van der Waals surface area contributed by atoms with Gasteiger partial charge in [0.2, 0.25) is 0 Å². The molecule has 1 atom stereocenters. The van der Waals surface area contributed by atoms with E-state index in [1.807, 2.05) is 24.1 Å². The fourth-order valence-electron chi connectivity index (χ4n) is 2.82. The molecule has 0 aromatic heterocycles. The second kappa shape index (κ2) is 6.48. The van der Waals surface area contributed by atoms with Gasteiger partial charge in [0.1, 0.15) is 0 Å². The van der Waals surface area contributed by atoms with Gasteiger partial charge in [0.15, 0.2) is 0 Å². The third-order valence-electron chi connectivity index (χ3n) is 4.28. The van der Waals surface area contributed by atoms with Crippen LogP contribution >= 0.6 is 0 Å². The number of hydrogen-bond donors (Lipinski definition) is 2. The predicted octanol–water partition coefficient (Wildman–Crippen LogP) is 3.62. The van der Waals surface area contributed by atoms with Crippen LogP contribution in [-0.4, -0.2) is 31.1 Å². The van der Waals surface area contributed by atoms with Crippen LogP contribution in [0.4, 0.5) is 10.5 Å². The normalized spacial score (nSPS) is 19.1. The molecule has 1 unspecified atom stereocenters. The lowest BCUT2D eigenvalue weighted by Gasteiger charge is -2.37. The second-order valence-corrected chi connectivity index (χ2v) is 6.75. The molecule has 21 heavy (non-hydrogen) atoms. The van der Waals surface area contributed by atoms with E-state index in [9.17, 15) is 4.79 Å². The molecule has 1 aliphatic heterocycles. The van der Waals surface area contributed by atoms with Crippen molar-refractivity contribution in [2.75, 3.05) is 25.5 Å². The molecule has 0 bridgehead atoms. The number of rotatable bonds is 3. The molecular weight excluding hydrogens is 262 g/mol. The molecule has 0 spiro atoms. The highest BCUT2D eigenvalue weighted by molar-refractivity contribution is 5.89. The highest BCUT2D eigenvalue weighted by Gasteiger charge is 2.29. The topological polar surface area (TPSA) is 44.4 Å². The van der Waals surface area contributed by atoms with Gasteiger partial charge in [-0.15, -0.1) is 0 Å². The van der Waals surface area contributed by atoms with Crippen molar-refractivity contribution >= 4 is 11.7 Å². The zero-order chi connectivity index (χ0) is 15.5. The highest BCUT2D eigenvalue weighted by Crippen LogP contribution is 2.28. The van der Waals surface area contributed by atoms with Gasteiger partial charge in [0.05, 0.1) is 0 Å². The maximum absolute atomic E-state index is 12.3. The quantitative estimate of drug-likeness (QED) is 0.892. The summed E-state index contributed by atoms with van der Waals surface area (Å²) in [5, 5.41) is 6.21. The lowest BCUT2D eigenvalue weighted by Crippen LogP contribution is -2.45. The van der Waals surface area contributed by atoms with Crippen LogP contribution in [0, 0.1) is 5.41 Å². The smallest absolute Gasteiger partial charge is 0.321 e. The van der Waals surface area contributed by atoms with Crippen LogP contribution in [0.1, 0.15) is 45.2 Å². The van der Waals surface area contributed by atoms with E-state index >= 15 is 0 Å². The minimum atomic E-state index is 0.0113. The third-order valence-corrected chi connectivity index (χ3v) is 4.28. The van der Waals surface area contributed by atoms with Gasteiger partial charge in [-0.05, 0) is 49.9 Å². The summed E-state index contributed by atoms with van der Waals surface area (Å²) in [4.78, 5) is 14.3. The van der Waals surface area contributed by atoms with Crippen LogP contribution < -0.4 is 10.6 Å². The summed E-state index contributed by atoms with van der Waals surface area (Å²) in [6.45, 7) is 8.24. The molecule has 2 rings (SSSR count). The van der Waals surface area contributed by atoms with E-state index < -0.39 is 0 Å². The Morgan fingerprint density at radius 3 is 2.52 bits per heavy atom. The van der Waals surface area contributed by atoms with Crippen molar-refractivity contribution in [1.82, 2.24) is 10.2 Å². The van der Waals surface area contributed by atoms with E-state index in [0.29, 0.717) is 6.04 Å². The number of urea groups is 1. The number of nitrogens with zero attached hydrogens (tertiary/aromatic N) is 1. The summed E-state index contributed by atoms with van der Waals surface area (Å²) in [5.41, 5.74) is 2.30. The molecule has 1 saturated heterocycles. The zero-order valence-corrected chi connectivity index (χ0v) is 13.6. The molecule has 1 aromatic carbocycles. The number of piperidine rings is 1. The lowest BCUT2D eigenvalue weighted by molar-refractivity contribution is 0.138. The monoisotopic (exact) mass is 289 g/mol. The fourth-order valence-corrected chi connectivity index (χ4v) is 2.82. The zero-order valence-electron chi connectivity index (χ0n) is 13.6. The third kappa shape index (κ3) is 4.21. The standard InChI is InChI=1S/C17H27N3O/c1-13(18-4)14-6-8-15(9-7-14)19-16(21)20-11-5-10-17(2,3)12-20/h6-9,13,18H,5,10-12H2,1-4H3,(H,19,21). The van der Waals surface area contributed by atoms with Gasteiger partial charge in [-0.25, -0.2) is 4.79 Å². The van der Waals surface area contributed by atoms with E-state index in [4.69, 9.17) is 0 Å². The number of anilines is 1. The van der Waals surface area contributed by atoms with Crippen LogP contribution in [0.2, 0.25) is 0 Å². The SMILES string of the molecule is CNC(C)c1ccc(NC(=O)N2CCCC(C)(C)C2)cc1. The van der Waals surface area contributed by atoms with E-state index in [1.54, 1.807) is 0 Å². The van der Waals surface area contributed by atoms with Gasteiger partial charge in [-0.3, -0.25) is 0 Å². The predicted molar refractivity (Wildman–Crippen MR) is 87.5 cm³/mol. The van der Waals surface area contributed by atoms with Gasteiger partial charge in [-0.2, -0.15) is 0 Å². The Balaban J connectivity index is 1.96. The molecule has 2 N–H and O–H groups in total. The molecule has 1 aliphatic rings. The summed E-state index contributed by atoms with van der Waals surface area (Å²) < 4.78 is 0. The first-order chi connectivity index (χ1) is 9.91. The Hall–Kier alpha value is -1.55. The van der Waals surface area contributed by atoms with Gasteiger partial charge in [0.25, 0.3) is 0 Å². The van der Waals surface area contributed by atoms with Crippen LogP contribution in [0.3, 0.4) is 0 Å². The number of nitrogens with one attached hydrogen (secondary N) is 2. The molecule has 0 radical (unpaired) electrons. The van der Waals surface area contributed by atoms with Crippen LogP contribution in [0.15, 0.2) is 24.3 Å². The number of amides is 2. The van der Waals surface area contributed by atoms with E-state index in [2.05, 4.69) is 43.5 Å². The summed E-state index contributed by atoms with van der Waals surface area (Å²) >= 11 is 0. The summed E-state index contributed by atoms with van der Waals surface area (Å²) in [7, 11) is 1.94. The minimum absolute atomic E-state index is 0.0113. The van der Waals surface area contributed by atoms with Crippen LogP contribution in [0.5, 0.6) is 0 Å². The number of benzene rings is 1. The molecule has 1 aromatic rings. The largest absolute Gasteiger partial charge is 0.324 e. The van der Waals surface area contributed by atoms with E-state index in [1.165, 1.54) is 12.0 Å². The maximum atomic E-state index is 12.3. The van der Waals surface area contributed by atoms with Gasteiger partial charge in [0, 0.05) is 24.8 Å². The fraction of sp³-hybridized carbons (Fsp3) is 0.588. The molecule has 116 valence electrons. The highest BCUT2D eigenvalue weighted by atomic mass is 16.2. The Morgan fingerprint density at radius 1 is 1.29 bits per heavy atom. The van der Waals surface area contributed by atoms with Crippen molar-refractivity contribution in [3.63, 3.8) is 0 Å². The Labute approximate surface area is 127 Å². The van der Waals surface area contributed by atoms with Gasteiger partial charge >= 0.3 is 6.03 Å². The molecule has 4 nitrogen and oxygen atoms in total. The average molecular weight is 289 g/mol. The van der Waals surface area contributed by atoms with Crippen molar-refractivity contribution in [3.8, 4) is 0 Å². The first-order valence-electron chi connectivity index (χ1n) is 7.74. The molecule has 1 heterocycles. The van der Waals surface area contributed by atoms with Crippen molar-refractivity contribution < 1.29 is 4.79 Å². The van der Waals surface area contributed by atoms with E-state index in [0.717, 1.165) is 25.2 Å². The molecule has 1 fully saturated rings. The molecule has 0 saturated carbocycles. The van der Waals surface area contributed by atoms with Crippen molar-refractivity contribution in [2.45, 2.75) is 39.7 Å². The first-order valence-corrected chi connectivity index (χ1v) is 7.74. The number of carbonyl (C=O) groups excluding carboxylic acids is 1. The summed E-state index contributed by atoms with van der Waals surface area (Å²) in [6, 6.07) is 8.37. The van der Waals surface area contributed by atoms with Crippen LogP contribution in [-0.2, 0) is 0 Å². The van der Waals surface area contributed by atoms with Gasteiger partial charge in [-0.1, -0.05) is 26.0 Å². The Morgan fingerprint density at radius 2 is 1.95 bits per heavy atom. The van der Waals surface area contributed by atoms with Gasteiger partial charge < -0.3 is 15.5 Å². The van der Waals surface area contributed by atoms with Crippen molar-refractivity contribution in [1.29, 1.82) is 0 Å². The number of hydrogen-bond acceptors (Lipinski definition) is 2. The Bertz CT molecular complexity index is 481. The molecule has 4 heteroatoms. The number of carbonyl (C=O) groups is 1. The van der Waals surface area contributed by atoms with E-state index in [-0.39, 0.29) is 11.4 Å². The average Bonchev–Trinajstić information content (AvgIpc) is 2.46. The lowest BCUT2D eigenvalue weighted by atomic mass is 9.84. The Kier molecular flexibility index (Phi) is 4.88. The second-order valence-electron chi connectivity index (χ2n) is 6.75. The summed E-state index contributed by atoms with van der Waals surface area (Å²) in [6.07, 6.45) is 2.27. The molecule has 2 amide bonds. The minimum Gasteiger partial charge on any atom is -0.324 e. The maximum Gasteiger partial charge on any atom is 0.321 e. The van der Waals surface area contributed by atoms with Crippen molar-refractivity contribution in [2.24, 2.45) is 5.41 Å². The summed E-state index contributed by atoms with van der Waals surface area (Å²) in [5.74, 6) is 0. The van der Waals surface area contributed by atoms with Crippen molar-refractivity contribution in [3.05, 3.63) is 29.8 Å². The molecule has 0 aliphatic carbocycles. The first kappa shape index (κ1) is 15.8.